The number of nitrogens with zero attached hydrogens (tertiary/aromatic N) is 2. The van der Waals surface area contributed by atoms with Crippen LogP contribution in [0.1, 0.15) is 36.9 Å². The van der Waals surface area contributed by atoms with Crippen molar-refractivity contribution in [3.63, 3.8) is 0 Å². The molecule has 0 unspecified atom stereocenters. The van der Waals surface area contributed by atoms with Gasteiger partial charge in [-0.15, -0.1) is 11.8 Å². The number of aryl methyl sites for hydroxylation is 1. The molecule has 2 rings (SSSR count). The van der Waals surface area contributed by atoms with Gasteiger partial charge in [0.25, 0.3) is 0 Å². The molecule has 0 saturated heterocycles. The largest absolute Gasteiger partial charge is 0.409 e. The molecule has 1 aliphatic rings. The van der Waals surface area contributed by atoms with Gasteiger partial charge in [-0.3, -0.25) is 0 Å². The van der Waals surface area contributed by atoms with E-state index in [0.29, 0.717) is 5.25 Å². The van der Waals surface area contributed by atoms with E-state index >= 15 is 0 Å². The zero-order valence-electron chi connectivity index (χ0n) is 9.89. The normalized spacial score (nSPS) is 17.6. The van der Waals surface area contributed by atoms with E-state index in [1.54, 1.807) is 11.8 Å². The van der Waals surface area contributed by atoms with Gasteiger partial charge in [-0.25, -0.2) is 4.98 Å². The molecule has 0 aliphatic heterocycles. The Labute approximate surface area is 105 Å². The average molecular weight is 251 g/mol. The number of thioether (sulfide) groups is 1. The summed E-state index contributed by atoms with van der Waals surface area (Å²) in [6.45, 7) is 1.95. The average Bonchev–Trinajstić information content (AvgIpc) is 2.81. The van der Waals surface area contributed by atoms with Crippen LogP contribution in [0.2, 0.25) is 0 Å². The summed E-state index contributed by atoms with van der Waals surface area (Å²) in [6, 6.07) is 3.75. The van der Waals surface area contributed by atoms with Gasteiger partial charge in [0.1, 0.15) is 5.03 Å². The summed E-state index contributed by atoms with van der Waals surface area (Å²) >= 11 is 1.75. The summed E-state index contributed by atoms with van der Waals surface area (Å²) < 4.78 is 0. The summed E-state index contributed by atoms with van der Waals surface area (Å²) in [5.74, 6) is 0.137. The van der Waals surface area contributed by atoms with E-state index in [0.717, 1.165) is 16.3 Å². The fraction of sp³-hybridized carbons (Fsp3) is 0.500. The molecule has 0 amide bonds. The van der Waals surface area contributed by atoms with Crippen LogP contribution in [0, 0.1) is 6.92 Å². The number of hydrogen-bond donors (Lipinski definition) is 2. The van der Waals surface area contributed by atoms with Crippen LogP contribution in [0.25, 0.3) is 0 Å². The Kier molecular flexibility index (Phi) is 3.89. The Bertz CT molecular complexity index is 428. The van der Waals surface area contributed by atoms with Crippen LogP contribution in [0.15, 0.2) is 22.3 Å². The lowest BCUT2D eigenvalue weighted by molar-refractivity contribution is 0.318. The van der Waals surface area contributed by atoms with E-state index in [2.05, 4.69) is 10.1 Å². The molecule has 1 fully saturated rings. The zero-order valence-corrected chi connectivity index (χ0v) is 10.7. The topological polar surface area (TPSA) is 71.5 Å². The van der Waals surface area contributed by atoms with E-state index in [1.807, 2.05) is 19.1 Å². The molecule has 1 aliphatic carbocycles. The van der Waals surface area contributed by atoms with Crippen molar-refractivity contribution in [1.29, 1.82) is 0 Å². The molecule has 0 atom stereocenters. The first-order valence-corrected chi connectivity index (χ1v) is 6.71. The van der Waals surface area contributed by atoms with Crippen molar-refractivity contribution in [2.24, 2.45) is 10.9 Å². The molecular weight excluding hydrogens is 234 g/mol. The smallest absolute Gasteiger partial charge is 0.172 e. The van der Waals surface area contributed by atoms with E-state index in [4.69, 9.17) is 10.9 Å². The molecular formula is C12H17N3OS. The minimum Gasteiger partial charge on any atom is -0.409 e. The third kappa shape index (κ3) is 2.91. The molecule has 0 radical (unpaired) electrons. The molecule has 1 saturated carbocycles. The van der Waals surface area contributed by atoms with Crippen molar-refractivity contribution in [2.75, 3.05) is 0 Å². The molecule has 17 heavy (non-hydrogen) atoms. The fourth-order valence-electron chi connectivity index (χ4n) is 2.04. The number of hydrogen-bond acceptors (Lipinski definition) is 4. The number of amidine groups is 1. The van der Waals surface area contributed by atoms with Crippen molar-refractivity contribution in [3.05, 3.63) is 23.4 Å². The molecule has 0 aromatic carbocycles. The summed E-state index contributed by atoms with van der Waals surface area (Å²) in [5.41, 5.74) is 7.36. The van der Waals surface area contributed by atoms with Gasteiger partial charge in [-0.05, 0) is 31.9 Å². The molecule has 5 heteroatoms. The second kappa shape index (κ2) is 5.40. The molecule has 3 N–H and O–H groups in total. The second-order valence-electron chi connectivity index (χ2n) is 4.31. The fourth-order valence-corrected chi connectivity index (χ4v) is 3.42. The Morgan fingerprint density at radius 1 is 1.47 bits per heavy atom. The van der Waals surface area contributed by atoms with Gasteiger partial charge in [0.05, 0.1) is 5.56 Å². The number of pyridine rings is 1. The monoisotopic (exact) mass is 251 g/mol. The Morgan fingerprint density at radius 2 is 2.18 bits per heavy atom. The number of aromatic nitrogens is 1. The highest BCUT2D eigenvalue weighted by molar-refractivity contribution is 7.99. The number of nitrogens with two attached hydrogens (primary N) is 1. The third-order valence-electron chi connectivity index (χ3n) is 2.96. The molecule has 0 spiro atoms. The summed E-state index contributed by atoms with van der Waals surface area (Å²) in [6.07, 6.45) is 5.05. The van der Waals surface area contributed by atoms with Crippen LogP contribution in [0.4, 0.5) is 0 Å². The van der Waals surface area contributed by atoms with Gasteiger partial charge in [0.15, 0.2) is 5.84 Å². The van der Waals surface area contributed by atoms with E-state index < -0.39 is 0 Å². The van der Waals surface area contributed by atoms with Gasteiger partial charge >= 0.3 is 0 Å². The Morgan fingerprint density at radius 3 is 2.82 bits per heavy atom. The molecule has 92 valence electrons. The first-order chi connectivity index (χ1) is 8.20. The zero-order chi connectivity index (χ0) is 12.3. The molecule has 1 aromatic rings. The first kappa shape index (κ1) is 12.2. The van der Waals surface area contributed by atoms with Gasteiger partial charge in [0.2, 0.25) is 0 Å². The maximum atomic E-state index is 8.77. The maximum Gasteiger partial charge on any atom is 0.172 e. The second-order valence-corrected chi connectivity index (χ2v) is 5.60. The minimum absolute atomic E-state index is 0.137. The number of oxime groups is 1. The van der Waals surface area contributed by atoms with Crippen molar-refractivity contribution in [2.45, 2.75) is 42.9 Å². The lowest BCUT2D eigenvalue weighted by Crippen LogP contribution is -2.15. The predicted molar refractivity (Wildman–Crippen MR) is 69.6 cm³/mol. The first-order valence-electron chi connectivity index (χ1n) is 5.83. The van der Waals surface area contributed by atoms with Gasteiger partial charge < -0.3 is 10.9 Å². The van der Waals surface area contributed by atoms with Crippen molar-refractivity contribution < 1.29 is 5.21 Å². The summed E-state index contributed by atoms with van der Waals surface area (Å²) in [4.78, 5) is 4.50. The van der Waals surface area contributed by atoms with Crippen LogP contribution in [-0.2, 0) is 0 Å². The summed E-state index contributed by atoms with van der Waals surface area (Å²) in [5, 5.41) is 13.3. The Hall–Kier alpha value is -1.23. The van der Waals surface area contributed by atoms with Crippen LogP contribution >= 0.6 is 11.8 Å². The van der Waals surface area contributed by atoms with Crippen LogP contribution in [0.5, 0.6) is 0 Å². The standard InChI is InChI=1S/C12H17N3OS/c1-8-6-7-10(11(13)15-16)12(14-8)17-9-4-2-3-5-9/h6-7,9,16H,2-5H2,1H3,(H2,13,15). The van der Waals surface area contributed by atoms with Crippen molar-refractivity contribution >= 4 is 17.6 Å². The van der Waals surface area contributed by atoms with Gasteiger partial charge in [0, 0.05) is 10.9 Å². The highest BCUT2D eigenvalue weighted by Gasteiger charge is 2.19. The lowest BCUT2D eigenvalue weighted by atomic mass is 10.2. The van der Waals surface area contributed by atoms with Crippen LogP contribution in [-0.4, -0.2) is 21.3 Å². The van der Waals surface area contributed by atoms with Crippen LogP contribution < -0.4 is 5.73 Å². The third-order valence-corrected chi connectivity index (χ3v) is 4.30. The van der Waals surface area contributed by atoms with Crippen molar-refractivity contribution in [1.82, 2.24) is 4.98 Å². The van der Waals surface area contributed by atoms with E-state index in [9.17, 15) is 0 Å². The molecule has 1 aromatic heterocycles. The minimum atomic E-state index is 0.137. The van der Waals surface area contributed by atoms with Gasteiger partial charge in [-0.2, -0.15) is 0 Å². The van der Waals surface area contributed by atoms with Crippen LogP contribution in [0.3, 0.4) is 0 Å². The molecule has 4 nitrogen and oxygen atoms in total. The highest BCUT2D eigenvalue weighted by atomic mass is 32.2. The molecule has 1 heterocycles. The lowest BCUT2D eigenvalue weighted by Gasteiger charge is -2.12. The highest BCUT2D eigenvalue weighted by Crippen LogP contribution is 2.35. The predicted octanol–water partition coefficient (Wildman–Crippen LogP) is 2.52. The maximum absolute atomic E-state index is 8.77. The number of rotatable bonds is 3. The summed E-state index contributed by atoms with van der Waals surface area (Å²) in [7, 11) is 0. The van der Waals surface area contributed by atoms with E-state index in [-0.39, 0.29) is 5.84 Å². The quantitative estimate of drug-likeness (QED) is 0.375. The van der Waals surface area contributed by atoms with Gasteiger partial charge in [-0.1, -0.05) is 18.0 Å². The SMILES string of the molecule is Cc1ccc(C(N)=NO)c(SC2CCCC2)n1. The molecule has 0 bridgehead atoms. The van der Waals surface area contributed by atoms with Crippen molar-refractivity contribution in [3.8, 4) is 0 Å². The Balaban J connectivity index is 2.26. The van der Waals surface area contributed by atoms with E-state index in [1.165, 1.54) is 25.7 Å².